The molecule has 0 heterocycles. The molecular weight excluding hydrogens is 223 g/mol. The number of hydrogen-bond acceptors (Lipinski definition) is 6. The first-order valence-corrected chi connectivity index (χ1v) is 6.56. The molecule has 0 aromatic carbocycles. The largest absolute Gasteiger partial charge is 0.394 e. The summed E-state index contributed by atoms with van der Waals surface area (Å²) in [6.07, 6.45) is -0.454. The van der Waals surface area contributed by atoms with Gasteiger partial charge in [-0.2, -0.15) is 0 Å². The highest BCUT2D eigenvalue weighted by Gasteiger charge is 2.21. The maximum absolute atomic E-state index is 11.7. The number of aliphatic hydroxyl groups is 2. The quantitative estimate of drug-likeness (QED) is 0.454. The third-order valence-corrected chi connectivity index (χ3v) is 3.60. The Balaban J connectivity index is 3.85. The summed E-state index contributed by atoms with van der Waals surface area (Å²) in [5.74, 6) is 0. The summed E-state index contributed by atoms with van der Waals surface area (Å²) >= 11 is 0. The smallest absolute Gasteiger partial charge is 0.332 e. The van der Waals surface area contributed by atoms with Crippen LogP contribution in [0.15, 0.2) is 0 Å². The summed E-state index contributed by atoms with van der Waals surface area (Å²) < 4.78 is 26.5. The monoisotopic (exact) mass is 242 g/mol. The molecule has 0 fully saturated rings. The molecule has 0 aromatic rings. The van der Waals surface area contributed by atoms with Gasteiger partial charge in [0.15, 0.2) is 6.79 Å². The van der Waals surface area contributed by atoms with Crippen molar-refractivity contribution < 1.29 is 28.6 Å². The zero-order chi connectivity index (χ0) is 11.7. The molecule has 15 heavy (non-hydrogen) atoms. The van der Waals surface area contributed by atoms with Crippen molar-refractivity contribution >= 4 is 7.60 Å². The summed E-state index contributed by atoms with van der Waals surface area (Å²) in [7, 11) is -3.07. The second-order valence-corrected chi connectivity index (χ2v) is 5.12. The molecule has 0 aliphatic rings. The molecule has 7 heteroatoms. The summed E-state index contributed by atoms with van der Waals surface area (Å²) in [6, 6.07) is 0. The molecule has 1 unspecified atom stereocenters. The Morgan fingerprint density at radius 1 is 1.20 bits per heavy atom. The molecule has 0 saturated carbocycles. The first kappa shape index (κ1) is 15.0. The zero-order valence-electron chi connectivity index (χ0n) is 9.09. The molecule has 0 radical (unpaired) electrons. The van der Waals surface area contributed by atoms with E-state index in [-0.39, 0.29) is 26.2 Å². The first-order valence-electron chi connectivity index (χ1n) is 4.83. The van der Waals surface area contributed by atoms with Crippen molar-refractivity contribution in [2.75, 3.05) is 32.8 Å². The SMILES string of the molecule is CCOP(=O)(CC)OCOC(CO)CO. The highest BCUT2D eigenvalue weighted by molar-refractivity contribution is 7.53. The van der Waals surface area contributed by atoms with E-state index in [9.17, 15) is 4.57 Å². The molecule has 0 aliphatic heterocycles. The van der Waals surface area contributed by atoms with Gasteiger partial charge in [-0.25, -0.2) is 0 Å². The lowest BCUT2D eigenvalue weighted by molar-refractivity contribution is -0.0800. The molecule has 0 saturated heterocycles. The molecule has 0 bridgehead atoms. The Morgan fingerprint density at radius 3 is 2.20 bits per heavy atom. The second-order valence-electron chi connectivity index (χ2n) is 2.75. The highest BCUT2D eigenvalue weighted by Crippen LogP contribution is 2.47. The van der Waals surface area contributed by atoms with E-state index >= 15 is 0 Å². The predicted octanol–water partition coefficient (Wildman–Crippen LogP) is 0.580. The molecule has 2 N–H and O–H groups in total. The Bertz CT molecular complexity index is 194. The molecular formula is C8H19O6P. The normalized spacial score (nSPS) is 15.5. The van der Waals surface area contributed by atoms with Gasteiger partial charge in [0.1, 0.15) is 6.10 Å². The van der Waals surface area contributed by atoms with Gasteiger partial charge < -0.3 is 19.5 Å². The first-order chi connectivity index (χ1) is 7.11. The number of rotatable bonds is 9. The maximum Gasteiger partial charge on any atom is 0.332 e. The highest BCUT2D eigenvalue weighted by atomic mass is 31.2. The molecule has 92 valence electrons. The van der Waals surface area contributed by atoms with E-state index in [1.165, 1.54) is 0 Å². The van der Waals surface area contributed by atoms with Crippen LogP contribution in [-0.2, 0) is 18.3 Å². The van der Waals surface area contributed by atoms with Gasteiger partial charge in [0.25, 0.3) is 0 Å². The average molecular weight is 242 g/mol. The summed E-state index contributed by atoms with van der Waals surface area (Å²) in [4.78, 5) is 0. The third-order valence-electron chi connectivity index (χ3n) is 1.67. The van der Waals surface area contributed by atoms with E-state index in [0.717, 1.165) is 0 Å². The van der Waals surface area contributed by atoms with Gasteiger partial charge in [0.05, 0.1) is 19.8 Å². The van der Waals surface area contributed by atoms with Gasteiger partial charge in [-0.05, 0) is 6.92 Å². The summed E-state index contributed by atoms with van der Waals surface area (Å²) in [5.41, 5.74) is 0. The van der Waals surface area contributed by atoms with Crippen LogP contribution in [0.1, 0.15) is 13.8 Å². The molecule has 0 amide bonds. The van der Waals surface area contributed by atoms with Crippen molar-refractivity contribution in [2.24, 2.45) is 0 Å². The number of ether oxygens (including phenoxy) is 1. The molecule has 0 aromatic heterocycles. The predicted molar refractivity (Wildman–Crippen MR) is 54.8 cm³/mol. The topological polar surface area (TPSA) is 85.2 Å². The Morgan fingerprint density at radius 2 is 1.80 bits per heavy atom. The van der Waals surface area contributed by atoms with E-state index in [2.05, 4.69) is 0 Å². The van der Waals surface area contributed by atoms with Crippen LogP contribution in [-0.4, -0.2) is 49.1 Å². The van der Waals surface area contributed by atoms with E-state index in [1.54, 1.807) is 13.8 Å². The fourth-order valence-corrected chi connectivity index (χ4v) is 1.84. The van der Waals surface area contributed by atoms with Gasteiger partial charge in [0, 0.05) is 6.16 Å². The molecule has 0 aliphatic carbocycles. The minimum Gasteiger partial charge on any atom is -0.394 e. The van der Waals surface area contributed by atoms with Crippen LogP contribution in [0.4, 0.5) is 0 Å². The van der Waals surface area contributed by atoms with Crippen LogP contribution in [0.5, 0.6) is 0 Å². The van der Waals surface area contributed by atoms with Gasteiger partial charge in [-0.15, -0.1) is 0 Å². The van der Waals surface area contributed by atoms with Crippen LogP contribution in [0.3, 0.4) is 0 Å². The van der Waals surface area contributed by atoms with Gasteiger partial charge in [-0.1, -0.05) is 6.92 Å². The van der Waals surface area contributed by atoms with Crippen molar-refractivity contribution in [1.82, 2.24) is 0 Å². The van der Waals surface area contributed by atoms with Crippen molar-refractivity contribution in [3.8, 4) is 0 Å². The Hall–Kier alpha value is 0.0300. The van der Waals surface area contributed by atoms with E-state index in [1.807, 2.05) is 0 Å². The van der Waals surface area contributed by atoms with Crippen LogP contribution in [0.2, 0.25) is 0 Å². The van der Waals surface area contributed by atoms with E-state index < -0.39 is 13.7 Å². The third kappa shape index (κ3) is 6.25. The molecule has 0 spiro atoms. The lowest BCUT2D eigenvalue weighted by Gasteiger charge is -2.18. The minimum atomic E-state index is -3.07. The van der Waals surface area contributed by atoms with Crippen molar-refractivity contribution in [3.05, 3.63) is 0 Å². The summed E-state index contributed by atoms with van der Waals surface area (Å²) in [5, 5.41) is 17.4. The lowest BCUT2D eigenvalue weighted by atomic mass is 10.4. The zero-order valence-corrected chi connectivity index (χ0v) is 9.98. The van der Waals surface area contributed by atoms with Crippen LogP contribution in [0, 0.1) is 0 Å². The fraction of sp³-hybridized carbons (Fsp3) is 1.00. The van der Waals surface area contributed by atoms with Gasteiger partial charge in [0.2, 0.25) is 0 Å². The van der Waals surface area contributed by atoms with Crippen molar-refractivity contribution in [2.45, 2.75) is 20.0 Å². The average Bonchev–Trinajstić information content (AvgIpc) is 2.25. The van der Waals surface area contributed by atoms with E-state index in [0.29, 0.717) is 6.61 Å². The van der Waals surface area contributed by atoms with Gasteiger partial charge in [-0.3, -0.25) is 9.09 Å². The van der Waals surface area contributed by atoms with Crippen molar-refractivity contribution in [3.63, 3.8) is 0 Å². The number of hydrogen-bond donors (Lipinski definition) is 2. The molecule has 0 rings (SSSR count). The number of aliphatic hydroxyl groups excluding tert-OH is 2. The van der Waals surface area contributed by atoms with Crippen LogP contribution < -0.4 is 0 Å². The molecule has 6 nitrogen and oxygen atoms in total. The standard InChI is InChI=1S/C8H19O6P/c1-3-13-15(11,4-2)14-7-12-8(5-9)6-10/h8-10H,3-7H2,1-2H3. The van der Waals surface area contributed by atoms with Crippen LogP contribution >= 0.6 is 7.60 Å². The fourth-order valence-electron chi connectivity index (χ4n) is 0.787. The van der Waals surface area contributed by atoms with Crippen LogP contribution in [0.25, 0.3) is 0 Å². The Kier molecular flexibility index (Phi) is 8.23. The van der Waals surface area contributed by atoms with Gasteiger partial charge >= 0.3 is 7.60 Å². The van der Waals surface area contributed by atoms with Crippen molar-refractivity contribution in [1.29, 1.82) is 0 Å². The Labute approximate surface area is 89.7 Å². The summed E-state index contributed by atoms with van der Waals surface area (Å²) in [6.45, 7) is 2.81. The second kappa shape index (κ2) is 8.21. The molecule has 1 atom stereocenters. The maximum atomic E-state index is 11.7. The lowest BCUT2D eigenvalue weighted by Crippen LogP contribution is -2.23. The minimum absolute atomic E-state index is 0.257. The van der Waals surface area contributed by atoms with E-state index in [4.69, 9.17) is 24.0 Å².